The van der Waals surface area contributed by atoms with Crippen LogP contribution in [0.1, 0.15) is 47.5 Å². The van der Waals surface area contributed by atoms with Gasteiger partial charge in [0.15, 0.2) is 11.9 Å². The molecule has 0 spiro atoms. The Hall–Kier alpha value is -0.860. The maximum absolute atomic E-state index is 11.6. The maximum Gasteiger partial charge on any atom is 0.312 e. The van der Waals surface area contributed by atoms with Crippen LogP contribution in [0.25, 0.3) is 0 Å². The second-order valence-electron chi connectivity index (χ2n) is 4.15. The molecule has 0 fully saturated rings. The number of rotatable bonds is 5. The molecule has 1 atom stereocenters. The monoisotopic (exact) mass is 200 g/mol. The van der Waals surface area contributed by atoms with Crippen LogP contribution in [0, 0.1) is 5.41 Å². The SMILES string of the molecule is CCC(OC(=O)C(C)(C)CC)C(C)=O. The molecule has 0 aromatic rings. The number of ketones is 1. The minimum Gasteiger partial charge on any atom is -0.454 e. The van der Waals surface area contributed by atoms with Gasteiger partial charge in [-0.15, -0.1) is 0 Å². The first-order chi connectivity index (χ1) is 6.35. The lowest BCUT2D eigenvalue weighted by molar-refractivity contribution is -0.163. The predicted molar refractivity (Wildman–Crippen MR) is 54.9 cm³/mol. The summed E-state index contributed by atoms with van der Waals surface area (Å²) < 4.78 is 5.13. The summed E-state index contributed by atoms with van der Waals surface area (Å²) in [6.07, 6.45) is 0.675. The lowest BCUT2D eigenvalue weighted by atomic mass is 9.90. The van der Waals surface area contributed by atoms with Crippen molar-refractivity contribution in [2.75, 3.05) is 0 Å². The van der Waals surface area contributed by atoms with Crippen LogP contribution in [-0.2, 0) is 14.3 Å². The van der Waals surface area contributed by atoms with Gasteiger partial charge in [0.05, 0.1) is 5.41 Å². The van der Waals surface area contributed by atoms with Gasteiger partial charge in [-0.2, -0.15) is 0 Å². The maximum atomic E-state index is 11.6. The zero-order valence-electron chi connectivity index (χ0n) is 9.72. The fourth-order valence-electron chi connectivity index (χ4n) is 0.887. The molecule has 0 amide bonds. The molecule has 3 heteroatoms. The van der Waals surface area contributed by atoms with Gasteiger partial charge in [0.2, 0.25) is 0 Å². The van der Waals surface area contributed by atoms with Gasteiger partial charge >= 0.3 is 5.97 Å². The lowest BCUT2D eigenvalue weighted by Gasteiger charge is -2.23. The highest BCUT2D eigenvalue weighted by molar-refractivity contribution is 5.84. The van der Waals surface area contributed by atoms with Gasteiger partial charge in [-0.25, -0.2) is 0 Å². The fraction of sp³-hybridized carbons (Fsp3) is 0.818. The second-order valence-corrected chi connectivity index (χ2v) is 4.15. The van der Waals surface area contributed by atoms with Crippen LogP contribution in [0.2, 0.25) is 0 Å². The molecule has 0 saturated carbocycles. The minimum atomic E-state index is -0.576. The fourth-order valence-corrected chi connectivity index (χ4v) is 0.887. The minimum absolute atomic E-state index is 0.0900. The van der Waals surface area contributed by atoms with Gasteiger partial charge in [0.25, 0.3) is 0 Å². The van der Waals surface area contributed by atoms with Crippen LogP contribution in [0.4, 0.5) is 0 Å². The molecule has 3 nitrogen and oxygen atoms in total. The summed E-state index contributed by atoms with van der Waals surface area (Å²) in [5.41, 5.74) is -0.497. The van der Waals surface area contributed by atoms with Gasteiger partial charge < -0.3 is 4.74 Å². The highest BCUT2D eigenvalue weighted by atomic mass is 16.5. The predicted octanol–water partition coefficient (Wildman–Crippen LogP) is 2.33. The summed E-state index contributed by atoms with van der Waals surface area (Å²) in [5, 5.41) is 0. The van der Waals surface area contributed by atoms with Crippen LogP contribution in [-0.4, -0.2) is 17.9 Å². The smallest absolute Gasteiger partial charge is 0.312 e. The molecule has 0 N–H and O–H groups in total. The third kappa shape index (κ3) is 3.48. The molecule has 0 radical (unpaired) electrons. The first kappa shape index (κ1) is 13.1. The Balaban J connectivity index is 4.37. The molecule has 1 unspecified atom stereocenters. The quantitative estimate of drug-likeness (QED) is 0.640. The molecular weight excluding hydrogens is 180 g/mol. The van der Waals surface area contributed by atoms with E-state index >= 15 is 0 Å². The van der Waals surface area contributed by atoms with E-state index in [1.54, 1.807) is 0 Å². The number of carbonyl (C=O) groups is 2. The highest BCUT2D eigenvalue weighted by Crippen LogP contribution is 2.22. The Labute approximate surface area is 85.8 Å². The number of carbonyl (C=O) groups excluding carboxylic acids is 2. The van der Waals surface area contributed by atoms with E-state index < -0.39 is 11.5 Å². The number of hydrogen-bond acceptors (Lipinski definition) is 3. The Morgan fingerprint density at radius 3 is 2.07 bits per heavy atom. The Bertz CT molecular complexity index is 219. The van der Waals surface area contributed by atoms with Gasteiger partial charge in [-0.1, -0.05) is 13.8 Å². The van der Waals surface area contributed by atoms with E-state index in [9.17, 15) is 9.59 Å². The van der Waals surface area contributed by atoms with E-state index in [0.717, 1.165) is 0 Å². The molecule has 0 aliphatic carbocycles. The van der Waals surface area contributed by atoms with Crippen molar-refractivity contribution in [3.05, 3.63) is 0 Å². The molecule has 0 rings (SSSR count). The summed E-state index contributed by atoms with van der Waals surface area (Å²) in [4.78, 5) is 22.6. The van der Waals surface area contributed by atoms with Crippen molar-refractivity contribution in [3.8, 4) is 0 Å². The molecular formula is C11H20O3. The summed E-state index contributed by atoms with van der Waals surface area (Å²) in [7, 11) is 0. The van der Waals surface area contributed by atoms with Gasteiger partial charge in [0.1, 0.15) is 0 Å². The number of hydrogen-bond donors (Lipinski definition) is 0. The Morgan fingerprint density at radius 2 is 1.79 bits per heavy atom. The zero-order valence-corrected chi connectivity index (χ0v) is 9.72. The van der Waals surface area contributed by atoms with Gasteiger partial charge in [0, 0.05) is 0 Å². The molecule has 0 aliphatic heterocycles. The standard InChI is InChI=1S/C11H20O3/c1-6-9(8(3)12)14-10(13)11(4,5)7-2/h9H,6-7H2,1-5H3. The van der Waals surface area contributed by atoms with Crippen LogP contribution >= 0.6 is 0 Å². The van der Waals surface area contributed by atoms with E-state index in [2.05, 4.69) is 0 Å². The van der Waals surface area contributed by atoms with Crippen molar-refractivity contribution in [1.29, 1.82) is 0 Å². The van der Waals surface area contributed by atoms with E-state index in [0.29, 0.717) is 12.8 Å². The molecule has 14 heavy (non-hydrogen) atoms. The number of Topliss-reactive ketones (excluding diaryl/α,β-unsaturated/α-hetero) is 1. The van der Waals surface area contributed by atoms with Crippen LogP contribution in [0.3, 0.4) is 0 Å². The van der Waals surface area contributed by atoms with Crippen molar-refractivity contribution in [2.45, 2.75) is 53.6 Å². The second kappa shape index (κ2) is 5.13. The molecule has 82 valence electrons. The molecule has 0 aromatic heterocycles. The zero-order chi connectivity index (χ0) is 11.4. The average Bonchev–Trinajstić information content (AvgIpc) is 2.12. The average molecular weight is 200 g/mol. The van der Waals surface area contributed by atoms with Crippen LogP contribution in [0.15, 0.2) is 0 Å². The first-order valence-corrected chi connectivity index (χ1v) is 5.06. The normalized spacial score (nSPS) is 13.5. The van der Waals surface area contributed by atoms with E-state index in [1.165, 1.54) is 6.92 Å². The van der Waals surface area contributed by atoms with Gasteiger partial charge in [-0.05, 0) is 33.6 Å². The molecule has 0 heterocycles. The summed E-state index contributed by atoms with van der Waals surface area (Å²) in [5.74, 6) is -0.380. The summed E-state index contributed by atoms with van der Waals surface area (Å²) >= 11 is 0. The number of ether oxygens (including phenoxy) is 1. The summed E-state index contributed by atoms with van der Waals surface area (Å²) in [6.45, 7) is 8.85. The van der Waals surface area contributed by atoms with Crippen molar-refractivity contribution in [3.63, 3.8) is 0 Å². The van der Waals surface area contributed by atoms with Crippen LogP contribution in [0.5, 0.6) is 0 Å². The van der Waals surface area contributed by atoms with E-state index in [4.69, 9.17) is 4.74 Å². The Morgan fingerprint density at radius 1 is 1.29 bits per heavy atom. The molecule has 0 aromatic carbocycles. The third-order valence-corrected chi connectivity index (χ3v) is 2.51. The number of esters is 1. The highest BCUT2D eigenvalue weighted by Gasteiger charge is 2.30. The lowest BCUT2D eigenvalue weighted by Crippen LogP contribution is -2.32. The first-order valence-electron chi connectivity index (χ1n) is 5.06. The van der Waals surface area contributed by atoms with Crippen molar-refractivity contribution in [2.24, 2.45) is 5.41 Å². The van der Waals surface area contributed by atoms with E-state index in [1.807, 2.05) is 27.7 Å². The molecule has 0 saturated heterocycles. The summed E-state index contributed by atoms with van der Waals surface area (Å²) in [6, 6.07) is 0. The van der Waals surface area contributed by atoms with Crippen molar-refractivity contribution >= 4 is 11.8 Å². The van der Waals surface area contributed by atoms with E-state index in [-0.39, 0.29) is 11.8 Å². The molecule has 0 aliphatic rings. The van der Waals surface area contributed by atoms with Crippen LogP contribution < -0.4 is 0 Å². The largest absolute Gasteiger partial charge is 0.454 e. The molecule has 0 bridgehead atoms. The topological polar surface area (TPSA) is 43.4 Å². The Kier molecular flexibility index (Phi) is 4.81. The van der Waals surface area contributed by atoms with Gasteiger partial charge in [-0.3, -0.25) is 9.59 Å². The van der Waals surface area contributed by atoms with Crippen molar-refractivity contribution < 1.29 is 14.3 Å². The van der Waals surface area contributed by atoms with Crippen molar-refractivity contribution in [1.82, 2.24) is 0 Å². The third-order valence-electron chi connectivity index (χ3n) is 2.51.